The topological polar surface area (TPSA) is 150 Å². The molecule has 2 unspecified atom stereocenters. The van der Waals surface area contributed by atoms with Crippen molar-refractivity contribution in [1.29, 1.82) is 0 Å². The van der Waals surface area contributed by atoms with Gasteiger partial charge in [-0.3, -0.25) is 0 Å². The maximum atomic E-state index is 14.1. The van der Waals surface area contributed by atoms with E-state index in [9.17, 15) is 67.6 Å². The number of rotatable bonds is 9. The summed E-state index contributed by atoms with van der Waals surface area (Å²) >= 11 is 0. The molecule has 0 amide bonds. The number of esters is 2. The molecule has 0 heterocycles. The second kappa shape index (κ2) is 8.13. The minimum Gasteiger partial charge on any atom is -0.743 e. The molecule has 4 aliphatic rings. The lowest BCUT2D eigenvalue weighted by Crippen LogP contribution is -2.66. The molecular formula is C18H16F8O9S-2. The Morgan fingerprint density at radius 1 is 0.861 bits per heavy atom. The van der Waals surface area contributed by atoms with Gasteiger partial charge in [-0.25, -0.2) is 18.0 Å². The molecule has 36 heavy (non-hydrogen) atoms. The van der Waals surface area contributed by atoms with E-state index in [1.807, 2.05) is 0 Å². The molecule has 0 aliphatic heterocycles. The predicted octanol–water partition coefficient (Wildman–Crippen LogP) is 1.21. The molecule has 0 aromatic carbocycles. The Morgan fingerprint density at radius 2 is 1.36 bits per heavy atom. The highest BCUT2D eigenvalue weighted by molar-refractivity contribution is 7.87. The third-order valence-electron chi connectivity index (χ3n) is 6.80. The SMILES string of the molecule is O=C([O-])C(F)(F)C(F)(F)C(F)(F)C(=O)OC12CC3CC(CC(COC(=O)C(F)(F)S(=O)(=O)[O-])(C3)C1)C2. The molecule has 0 aromatic rings. The normalized spacial score (nSPS) is 30.7. The van der Waals surface area contributed by atoms with Gasteiger partial charge in [-0.2, -0.15) is 35.1 Å². The zero-order valence-electron chi connectivity index (χ0n) is 17.7. The van der Waals surface area contributed by atoms with E-state index in [1.165, 1.54) is 0 Å². The van der Waals surface area contributed by atoms with Gasteiger partial charge in [0.05, 0.1) is 6.61 Å². The van der Waals surface area contributed by atoms with Gasteiger partial charge in [0.1, 0.15) is 11.6 Å². The highest BCUT2D eigenvalue weighted by Gasteiger charge is 2.77. The van der Waals surface area contributed by atoms with Crippen molar-refractivity contribution in [3.63, 3.8) is 0 Å². The van der Waals surface area contributed by atoms with Gasteiger partial charge in [0.15, 0.2) is 10.1 Å². The summed E-state index contributed by atoms with van der Waals surface area (Å²) in [7, 11) is -6.45. The van der Waals surface area contributed by atoms with Crippen LogP contribution in [0.3, 0.4) is 0 Å². The van der Waals surface area contributed by atoms with Crippen LogP contribution in [-0.2, 0) is 34.0 Å². The van der Waals surface area contributed by atoms with E-state index < -0.39 is 86.9 Å². The zero-order chi connectivity index (χ0) is 27.8. The molecule has 0 radical (unpaired) electrons. The molecule has 9 nitrogen and oxygen atoms in total. The summed E-state index contributed by atoms with van der Waals surface area (Å²) in [6.45, 7) is -0.974. The summed E-state index contributed by atoms with van der Waals surface area (Å²) in [5.41, 5.74) is -3.38. The van der Waals surface area contributed by atoms with Crippen LogP contribution in [0.25, 0.3) is 0 Å². The molecular weight excluding hydrogens is 544 g/mol. The van der Waals surface area contributed by atoms with Crippen molar-refractivity contribution in [1.82, 2.24) is 0 Å². The average molecular weight is 560 g/mol. The number of carbonyl (C=O) groups is 3. The van der Waals surface area contributed by atoms with E-state index in [0.29, 0.717) is 6.42 Å². The number of alkyl halides is 8. The van der Waals surface area contributed by atoms with Crippen LogP contribution >= 0.6 is 0 Å². The molecule has 0 aromatic heterocycles. The number of hydrogen-bond acceptors (Lipinski definition) is 9. The van der Waals surface area contributed by atoms with Crippen LogP contribution < -0.4 is 5.11 Å². The third kappa shape index (κ3) is 4.28. The van der Waals surface area contributed by atoms with E-state index in [0.717, 1.165) is 0 Å². The van der Waals surface area contributed by atoms with Crippen molar-refractivity contribution in [3.8, 4) is 0 Å². The Balaban J connectivity index is 1.82. The van der Waals surface area contributed by atoms with Gasteiger partial charge in [0, 0.05) is 5.41 Å². The first-order chi connectivity index (χ1) is 16.0. The number of ether oxygens (including phenoxy) is 2. The first kappa shape index (κ1) is 28.3. The molecule has 4 aliphatic carbocycles. The molecule has 18 heteroatoms. The van der Waals surface area contributed by atoms with Gasteiger partial charge < -0.3 is 23.9 Å². The van der Waals surface area contributed by atoms with Crippen molar-refractivity contribution >= 4 is 28.0 Å². The van der Waals surface area contributed by atoms with Crippen molar-refractivity contribution < 1.29 is 77.1 Å². The monoisotopic (exact) mass is 560 g/mol. The van der Waals surface area contributed by atoms with Crippen LogP contribution in [0, 0.1) is 17.3 Å². The number of carbonyl (C=O) groups excluding carboxylic acids is 3. The summed E-state index contributed by atoms with van der Waals surface area (Å²) in [4.78, 5) is 33.8. The van der Waals surface area contributed by atoms with Crippen LogP contribution in [0.2, 0.25) is 0 Å². The van der Waals surface area contributed by atoms with E-state index in [4.69, 9.17) is 0 Å². The summed E-state index contributed by atoms with van der Waals surface area (Å²) in [6.07, 6.45) is -0.471. The molecule has 0 saturated heterocycles. The van der Waals surface area contributed by atoms with Crippen LogP contribution in [0.5, 0.6) is 0 Å². The lowest BCUT2D eigenvalue weighted by molar-refractivity contribution is -0.367. The fourth-order valence-corrected chi connectivity index (χ4v) is 6.04. The van der Waals surface area contributed by atoms with Gasteiger partial charge in [-0.1, -0.05) is 0 Å². The van der Waals surface area contributed by atoms with Gasteiger partial charge in [-0.05, 0) is 50.4 Å². The summed E-state index contributed by atoms with van der Waals surface area (Å²) in [5, 5.41) is 4.82. The van der Waals surface area contributed by atoms with Crippen LogP contribution in [0.15, 0.2) is 0 Å². The highest BCUT2D eigenvalue weighted by Crippen LogP contribution is 2.63. The molecule has 2 atom stereocenters. The quantitative estimate of drug-likeness (QED) is 0.230. The Labute approximate surface area is 196 Å². The minimum absolute atomic E-state index is 0.0705. The van der Waals surface area contributed by atoms with E-state index in [2.05, 4.69) is 9.47 Å². The highest BCUT2D eigenvalue weighted by atomic mass is 32.2. The van der Waals surface area contributed by atoms with E-state index >= 15 is 0 Å². The van der Waals surface area contributed by atoms with Crippen molar-refractivity contribution in [2.45, 2.75) is 67.1 Å². The predicted molar refractivity (Wildman–Crippen MR) is 91.4 cm³/mol. The largest absolute Gasteiger partial charge is 0.743 e. The first-order valence-electron chi connectivity index (χ1n) is 10.1. The van der Waals surface area contributed by atoms with E-state index in [-0.39, 0.29) is 25.7 Å². The molecule has 0 spiro atoms. The Morgan fingerprint density at radius 3 is 1.81 bits per heavy atom. The van der Waals surface area contributed by atoms with Crippen LogP contribution in [0.4, 0.5) is 35.1 Å². The summed E-state index contributed by atoms with van der Waals surface area (Å²) in [5.74, 6) is -30.3. The van der Waals surface area contributed by atoms with Gasteiger partial charge >= 0.3 is 35.0 Å². The summed E-state index contributed by atoms with van der Waals surface area (Å²) in [6, 6.07) is 0. The molecule has 206 valence electrons. The van der Waals surface area contributed by atoms with Crippen molar-refractivity contribution in [3.05, 3.63) is 0 Å². The lowest BCUT2D eigenvalue weighted by atomic mass is 9.48. The molecule has 4 saturated carbocycles. The van der Waals surface area contributed by atoms with Gasteiger partial charge in [0.2, 0.25) is 0 Å². The lowest BCUT2D eigenvalue weighted by Gasteiger charge is -2.61. The summed E-state index contributed by atoms with van der Waals surface area (Å²) < 4.78 is 150. The van der Waals surface area contributed by atoms with E-state index in [1.54, 1.807) is 0 Å². The second-order valence-corrected chi connectivity index (χ2v) is 11.0. The average Bonchev–Trinajstić information content (AvgIpc) is 2.69. The standard InChI is InChI=1S/C18H18F8O9S/c19-15(20,10(27)28)18(25,26)16(21,22)11(29)35-14-4-8-1-9(5-14)3-13(2-8,6-14)7-34-12(30)17(23,24)36(31,32)33/h8-9H,1-7H2,(H,27,28)(H,31,32,33)/p-2. The van der Waals surface area contributed by atoms with Crippen LogP contribution in [0.1, 0.15) is 38.5 Å². The minimum atomic E-state index is -6.75. The number of halogens is 8. The smallest absolute Gasteiger partial charge is 0.428 e. The third-order valence-corrected chi connectivity index (χ3v) is 7.59. The fraction of sp³-hybridized carbons (Fsp3) is 0.833. The molecule has 4 bridgehead atoms. The number of carboxylic acid groups (broad SMARTS) is 1. The Hall–Kier alpha value is -2.24. The zero-order valence-corrected chi connectivity index (χ0v) is 18.5. The Kier molecular flexibility index (Phi) is 6.40. The van der Waals surface area contributed by atoms with Gasteiger partial charge in [0.25, 0.3) is 0 Å². The van der Waals surface area contributed by atoms with Gasteiger partial charge in [-0.15, -0.1) is 0 Å². The molecule has 0 N–H and O–H groups in total. The first-order valence-corrected chi connectivity index (χ1v) is 11.5. The molecule has 4 fully saturated rings. The van der Waals surface area contributed by atoms with Crippen molar-refractivity contribution in [2.75, 3.05) is 6.61 Å². The maximum absolute atomic E-state index is 14.1. The molecule has 4 rings (SSSR count). The fourth-order valence-electron chi connectivity index (χ4n) is 5.77. The number of hydrogen-bond donors (Lipinski definition) is 0. The number of aliphatic carboxylic acids is 1. The van der Waals surface area contributed by atoms with Crippen molar-refractivity contribution in [2.24, 2.45) is 17.3 Å². The second-order valence-electron chi connectivity index (χ2n) is 9.59. The number of carboxylic acids is 1. The maximum Gasteiger partial charge on any atom is 0.428 e. The van der Waals surface area contributed by atoms with Crippen LogP contribution in [-0.4, -0.2) is 66.1 Å². The Bertz CT molecular complexity index is 1060.